The van der Waals surface area contributed by atoms with Gasteiger partial charge < -0.3 is 4.90 Å². The Morgan fingerprint density at radius 1 is 0.295 bits per heavy atom. The molecule has 0 N–H and O–H groups in total. The molecule has 0 aromatic heterocycles. The Morgan fingerprint density at radius 2 is 0.754 bits per heavy atom. The standard InChI is InChI=1S/C60H41N/c1-59(2)53-23-10-7-19-47(53)50-32-30-43(36-56(50)59)61(42-28-26-39(27-29-42)46-22-13-17-38-14-5-6-18-45(38)46)44-31-33-51-52-34-40-15-3-4-16-41(40)35-57(52)60(58(51)37-44)54-24-11-8-20-48(54)49-21-9-12-25-55(49)60/h3-37H,1-2H3. The van der Waals surface area contributed by atoms with E-state index in [0.29, 0.717) is 0 Å². The predicted molar refractivity (Wildman–Crippen MR) is 255 cm³/mol. The van der Waals surface area contributed by atoms with Gasteiger partial charge in [0.15, 0.2) is 0 Å². The first kappa shape index (κ1) is 34.4. The zero-order valence-corrected chi connectivity index (χ0v) is 34.2. The van der Waals surface area contributed by atoms with E-state index in [1.54, 1.807) is 0 Å². The zero-order chi connectivity index (χ0) is 40.5. The predicted octanol–water partition coefficient (Wildman–Crippen LogP) is 15.8. The third-order valence-electron chi connectivity index (χ3n) is 14.2. The largest absolute Gasteiger partial charge is 0.310 e. The Morgan fingerprint density at radius 3 is 1.44 bits per heavy atom. The van der Waals surface area contributed by atoms with Crippen molar-refractivity contribution in [1.82, 2.24) is 0 Å². The SMILES string of the molecule is CC1(C)c2ccccc2-c2ccc(N(c3ccc(-c4cccc5ccccc45)cc3)c3ccc4c(c3)C3(c5ccccc5-c5ccccc53)c3cc5ccccc5cc3-4)cc21. The summed E-state index contributed by atoms with van der Waals surface area (Å²) in [7, 11) is 0. The lowest BCUT2D eigenvalue weighted by Crippen LogP contribution is -2.26. The molecule has 13 rings (SSSR count). The monoisotopic (exact) mass is 775 g/mol. The molecule has 0 heterocycles. The molecule has 0 radical (unpaired) electrons. The summed E-state index contributed by atoms with van der Waals surface area (Å²) in [5.41, 5.74) is 21.3. The van der Waals surface area contributed by atoms with E-state index in [1.165, 1.54) is 99.4 Å². The Bertz CT molecular complexity index is 3410. The maximum Gasteiger partial charge on any atom is 0.0726 e. The number of hydrogen-bond acceptors (Lipinski definition) is 1. The van der Waals surface area contributed by atoms with Crippen LogP contribution in [-0.2, 0) is 10.8 Å². The molecule has 0 saturated heterocycles. The topological polar surface area (TPSA) is 3.24 Å². The minimum absolute atomic E-state index is 0.130. The van der Waals surface area contributed by atoms with E-state index in [0.717, 1.165) is 17.1 Å². The maximum absolute atomic E-state index is 2.52. The van der Waals surface area contributed by atoms with Gasteiger partial charge in [0.1, 0.15) is 0 Å². The Hall–Kier alpha value is -7.48. The number of hydrogen-bond donors (Lipinski definition) is 0. The van der Waals surface area contributed by atoms with Gasteiger partial charge in [0.25, 0.3) is 0 Å². The van der Waals surface area contributed by atoms with E-state index in [4.69, 9.17) is 0 Å². The lowest BCUT2D eigenvalue weighted by molar-refractivity contribution is 0.660. The highest BCUT2D eigenvalue weighted by molar-refractivity contribution is 6.01. The van der Waals surface area contributed by atoms with Crippen LogP contribution in [0.25, 0.3) is 66.1 Å². The summed E-state index contributed by atoms with van der Waals surface area (Å²) in [6, 6.07) is 79.9. The van der Waals surface area contributed by atoms with Crippen LogP contribution >= 0.6 is 0 Å². The van der Waals surface area contributed by atoms with E-state index < -0.39 is 5.41 Å². The quantitative estimate of drug-likeness (QED) is 0.172. The third kappa shape index (κ3) is 4.66. The summed E-state index contributed by atoms with van der Waals surface area (Å²) in [6.45, 7) is 4.75. The van der Waals surface area contributed by atoms with Crippen molar-refractivity contribution in [2.24, 2.45) is 0 Å². The van der Waals surface area contributed by atoms with Crippen LogP contribution in [0.5, 0.6) is 0 Å². The normalized spacial score (nSPS) is 14.3. The summed E-state index contributed by atoms with van der Waals surface area (Å²) in [6.07, 6.45) is 0. The molecule has 286 valence electrons. The van der Waals surface area contributed by atoms with Gasteiger partial charge in [-0.05, 0) is 148 Å². The molecule has 1 heteroatoms. The first-order valence-electron chi connectivity index (χ1n) is 21.5. The fourth-order valence-corrected chi connectivity index (χ4v) is 11.5. The number of rotatable bonds is 4. The highest BCUT2D eigenvalue weighted by Gasteiger charge is 2.52. The van der Waals surface area contributed by atoms with Crippen molar-refractivity contribution in [1.29, 1.82) is 0 Å². The summed E-state index contributed by atoms with van der Waals surface area (Å²) in [5, 5.41) is 5.06. The summed E-state index contributed by atoms with van der Waals surface area (Å²) in [4.78, 5) is 2.49. The number of nitrogens with zero attached hydrogens (tertiary/aromatic N) is 1. The average Bonchev–Trinajstić information content (AvgIpc) is 3.86. The lowest BCUT2D eigenvalue weighted by atomic mass is 9.70. The molecule has 1 spiro atoms. The second-order valence-corrected chi connectivity index (χ2v) is 17.6. The minimum Gasteiger partial charge on any atom is -0.310 e. The fraction of sp³-hybridized carbons (Fsp3) is 0.0667. The molecule has 0 fully saturated rings. The molecule has 3 aliphatic rings. The van der Waals surface area contributed by atoms with E-state index in [2.05, 4.69) is 231 Å². The van der Waals surface area contributed by atoms with Gasteiger partial charge in [-0.3, -0.25) is 0 Å². The third-order valence-corrected chi connectivity index (χ3v) is 14.2. The van der Waals surface area contributed by atoms with Crippen LogP contribution in [0.15, 0.2) is 212 Å². The molecule has 0 saturated carbocycles. The van der Waals surface area contributed by atoms with Crippen LogP contribution in [-0.4, -0.2) is 0 Å². The highest BCUT2D eigenvalue weighted by Crippen LogP contribution is 2.64. The molecule has 61 heavy (non-hydrogen) atoms. The van der Waals surface area contributed by atoms with Crippen LogP contribution in [0.3, 0.4) is 0 Å². The van der Waals surface area contributed by atoms with Gasteiger partial charge in [-0.15, -0.1) is 0 Å². The molecule has 0 amide bonds. The van der Waals surface area contributed by atoms with Gasteiger partial charge in [0.2, 0.25) is 0 Å². The molecule has 10 aromatic carbocycles. The Labute approximate surface area is 356 Å². The van der Waals surface area contributed by atoms with Crippen molar-refractivity contribution >= 4 is 38.6 Å². The van der Waals surface area contributed by atoms with Gasteiger partial charge in [0.05, 0.1) is 5.41 Å². The molecule has 0 aliphatic heterocycles. The second-order valence-electron chi connectivity index (χ2n) is 17.6. The van der Waals surface area contributed by atoms with E-state index in [1.807, 2.05) is 0 Å². The molecular formula is C60H41N. The molecule has 10 aromatic rings. The number of fused-ring (bicyclic) bond motifs is 15. The summed E-state index contributed by atoms with van der Waals surface area (Å²) < 4.78 is 0. The van der Waals surface area contributed by atoms with Crippen molar-refractivity contribution in [3.05, 3.63) is 246 Å². The van der Waals surface area contributed by atoms with Crippen LogP contribution in [0.1, 0.15) is 47.2 Å². The smallest absolute Gasteiger partial charge is 0.0726 e. The molecule has 3 aliphatic carbocycles. The van der Waals surface area contributed by atoms with Crippen molar-refractivity contribution in [2.45, 2.75) is 24.7 Å². The van der Waals surface area contributed by atoms with Gasteiger partial charge in [-0.2, -0.15) is 0 Å². The van der Waals surface area contributed by atoms with Crippen LogP contribution in [0.4, 0.5) is 17.1 Å². The Kier molecular flexibility index (Phi) is 7.06. The lowest BCUT2D eigenvalue weighted by Gasteiger charge is -2.32. The second kappa shape index (κ2) is 12.5. The molecular weight excluding hydrogens is 735 g/mol. The van der Waals surface area contributed by atoms with E-state index in [9.17, 15) is 0 Å². The summed E-state index contributed by atoms with van der Waals surface area (Å²) in [5.74, 6) is 0. The van der Waals surface area contributed by atoms with Crippen molar-refractivity contribution in [3.8, 4) is 44.5 Å². The van der Waals surface area contributed by atoms with E-state index >= 15 is 0 Å². The fourth-order valence-electron chi connectivity index (χ4n) is 11.5. The first-order valence-corrected chi connectivity index (χ1v) is 21.5. The highest BCUT2D eigenvalue weighted by atomic mass is 15.1. The van der Waals surface area contributed by atoms with Gasteiger partial charge in [0, 0.05) is 22.5 Å². The van der Waals surface area contributed by atoms with Crippen molar-refractivity contribution in [3.63, 3.8) is 0 Å². The van der Waals surface area contributed by atoms with E-state index in [-0.39, 0.29) is 5.41 Å². The number of benzene rings is 10. The van der Waals surface area contributed by atoms with Crippen LogP contribution < -0.4 is 4.90 Å². The zero-order valence-electron chi connectivity index (χ0n) is 34.2. The minimum atomic E-state index is -0.469. The average molecular weight is 776 g/mol. The van der Waals surface area contributed by atoms with Gasteiger partial charge in [-0.25, -0.2) is 0 Å². The number of anilines is 3. The molecule has 1 nitrogen and oxygen atoms in total. The molecule has 0 unspecified atom stereocenters. The first-order chi connectivity index (χ1) is 30.0. The van der Waals surface area contributed by atoms with Crippen LogP contribution in [0.2, 0.25) is 0 Å². The Balaban J connectivity index is 1.06. The molecule has 0 atom stereocenters. The van der Waals surface area contributed by atoms with Gasteiger partial charge >= 0.3 is 0 Å². The maximum atomic E-state index is 2.52. The van der Waals surface area contributed by atoms with Crippen molar-refractivity contribution < 1.29 is 0 Å². The van der Waals surface area contributed by atoms with Gasteiger partial charge in [-0.1, -0.05) is 178 Å². The van der Waals surface area contributed by atoms with Crippen molar-refractivity contribution in [2.75, 3.05) is 4.90 Å². The van der Waals surface area contributed by atoms with Crippen LogP contribution in [0, 0.1) is 0 Å². The molecule has 0 bridgehead atoms. The summed E-state index contributed by atoms with van der Waals surface area (Å²) >= 11 is 0.